The van der Waals surface area contributed by atoms with Crippen LogP contribution in [0.4, 0.5) is 8.78 Å². The summed E-state index contributed by atoms with van der Waals surface area (Å²) in [5, 5.41) is 2.64. The lowest BCUT2D eigenvalue weighted by atomic mass is 10.2. The van der Waals surface area contributed by atoms with Gasteiger partial charge in [-0.05, 0) is 40.8 Å². The second kappa shape index (κ2) is 5.60. The second-order valence-corrected chi connectivity index (χ2v) is 4.30. The molecule has 0 heterocycles. The summed E-state index contributed by atoms with van der Waals surface area (Å²) in [5.41, 5.74) is 0.324. The Kier molecular flexibility index (Phi) is 4.72. The summed E-state index contributed by atoms with van der Waals surface area (Å²) in [7, 11) is 0. The first-order valence-electron chi connectivity index (χ1n) is 4.02. The quantitative estimate of drug-likeness (QED) is 0.839. The molecule has 0 unspecified atom stereocenters. The van der Waals surface area contributed by atoms with E-state index in [0.29, 0.717) is 14.2 Å². The Morgan fingerprint density at radius 2 is 2.20 bits per heavy atom. The molecule has 1 rings (SSSR count). The van der Waals surface area contributed by atoms with Crippen molar-refractivity contribution in [2.75, 3.05) is 6.54 Å². The maximum Gasteiger partial charge on any atom is 0.255 e. The van der Waals surface area contributed by atoms with Crippen molar-refractivity contribution in [1.82, 2.24) is 5.32 Å². The zero-order chi connectivity index (χ0) is 11.4. The smallest absolute Gasteiger partial charge is 0.255 e. The molecule has 1 aromatic rings. The van der Waals surface area contributed by atoms with Gasteiger partial charge in [-0.1, -0.05) is 11.6 Å². The van der Waals surface area contributed by atoms with E-state index >= 15 is 0 Å². The molecule has 0 aliphatic heterocycles. The molecule has 0 bridgehead atoms. The third-order valence-electron chi connectivity index (χ3n) is 1.60. The molecule has 6 heteroatoms. The fourth-order valence-electron chi connectivity index (χ4n) is 0.909. The van der Waals surface area contributed by atoms with Crippen molar-refractivity contribution in [1.29, 1.82) is 0 Å². The van der Waals surface area contributed by atoms with Gasteiger partial charge < -0.3 is 5.32 Å². The first kappa shape index (κ1) is 12.6. The highest BCUT2D eigenvalue weighted by molar-refractivity contribution is 14.1. The fourth-order valence-corrected chi connectivity index (χ4v) is 1.54. The number of halogens is 4. The standard InChI is InChI=1S/C9H7ClF2INO/c10-6-2-1-5(3-7(6)13)9(15)14-4-8(11)12/h1-3,8H,4H2,(H,14,15). The molecule has 0 spiro atoms. The van der Waals surface area contributed by atoms with Crippen molar-refractivity contribution < 1.29 is 13.6 Å². The molecule has 0 saturated carbocycles. The van der Waals surface area contributed by atoms with E-state index in [2.05, 4.69) is 5.32 Å². The van der Waals surface area contributed by atoms with Crippen molar-refractivity contribution in [2.45, 2.75) is 6.43 Å². The zero-order valence-electron chi connectivity index (χ0n) is 7.44. The van der Waals surface area contributed by atoms with Crippen LogP contribution >= 0.6 is 34.2 Å². The molecule has 0 aliphatic carbocycles. The van der Waals surface area contributed by atoms with Crippen LogP contribution in [0.15, 0.2) is 18.2 Å². The van der Waals surface area contributed by atoms with Crippen LogP contribution in [-0.2, 0) is 0 Å². The summed E-state index contributed by atoms with van der Waals surface area (Å²) < 4.78 is 24.3. The maximum atomic E-state index is 11.8. The van der Waals surface area contributed by atoms with Gasteiger partial charge in [0.1, 0.15) is 0 Å². The summed E-state index contributed by atoms with van der Waals surface area (Å²) in [4.78, 5) is 11.3. The van der Waals surface area contributed by atoms with Crippen LogP contribution in [0.1, 0.15) is 10.4 Å². The number of alkyl halides is 2. The van der Waals surface area contributed by atoms with Crippen LogP contribution in [0.3, 0.4) is 0 Å². The van der Waals surface area contributed by atoms with E-state index in [-0.39, 0.29) is 0 Å². The molecule has 2 nitrogen and oxygen atoms in total. The monoisotopic (exact) mass is 345 g/mol. The summed E-state index contributed by atoms with van der Waals surface area (Å²) >= 11 is 7.72. The summed E-state index contributed by atoms with van der Waals surface area (Å²) in [6, 6.07) is 4.59. The first-order chi connectivity index (χ1) is 7.00. The SMILES string of the molecule is O=C(NCC(F)F)c1ccc(Cl)c(I)c1. The first-order valence-corrected chi connectivity index (χ1v) is 5.48. The van der Waals surface area contributed by atoms with Crippen molar-refractivity contribution >= 4 is 40.1 Å². The molecule has 0 radical (unpaired) electrons. The van der Waals surface area contributed by atoms with E-state index in [1.54, 1.807) is 12.1 Å². The molecular formula is C9H7ClF2INO. The molecular weight excluding hydrogens is 338 g/mol. The Bertz CT molecular complexity index is 373. The van der Waals surface area contributed by atoms with Crippen LogP contribution < -0.4 is 5.32 Å². The van der Waals surface area contributed by atoms with E-state index in [1.165, 1.54) is 6.07 Å². The van der Waals surface area contributed by atoms with Crippen molar-refractivity contribution in [2.24, 2.45) is 0 Å². The highest BCUT2D eigenvalue weighted by atomic mass is 127. The van der Waals surface area contributed by atoms with E-state index in [0.717, 1.165) is 0 Å². The maximum absolute atomic E-state index is 11.8. The number of carbonyl (C=O) groups excluding carboxylic acids is 1. The van der Waals surface area contributed by atoms with Crippen molar-refractivity contribution in [3.8, 4) is 0 Å². The molecule has 1 aromatic carbocycles. The number of amides is 1. The lowest BCUT2D eigenvalue weighted by Crippen LogP contribution is -2.28. The van der Waals surface area contributed by atoms with E-state index < -0.39 is 18.9 Å². The molecule has 15 heavy (non-hydrogen) atoms. The molecule has 1 N–H and O–H groups in total. The summed E-state index contributed by atoms with van der Waals surface area (Å²) in [6.07, 6.45) is -2.54. The molecule has 0 aromatic heterocycles. The van der Waals surface area contributed by atoms with Crippen LogP contribution in [0.25, 0.3) is 0 Å². The number of benzene rings is 1. The van der Waals surface area contributed by atoms with Gasteiger partial charge in [-0.2, -0.15) is 0 Å². The Balaban J connectivity index is 2.70. The highest BCUT2D eigenvalue weighted by Crippen LogP contribution is 2.19. The minimum absolute atomic E-state index is 0.324. The van der Waals surface area contributed by atoms with Crippen LogP contribution in [0.5, 0.6) is 0 Å². The van der Waals surface area contributed by atoms with Gasteiger partial charge in [-0.15, -0.1) is 0 Å². The van der Waals surface area contributed by atoms with Crippen molar-refractivity contribution in [3.05, 3.63) is 32.4 Å². The molecule has 82 valence electrons. The topological polar surface area (TPSA) is 29.1 Å². The van der Waals surface area contributed by atoms with E-state index in [1.807, 2.05) is 22.6 Å². The predicted octanol–water partition coefficient (Wildman–Crippen LogP) is 2.94. The van der Waals surface area contributed by atoms with E-state index in [4.69, 9.17) is 11.6 Å². The fraction of sp³-hybridized carbons (Fsp3) is 0.222. The second-order valence-electron chi connectivity index (χ2n) is 2.73. The van der Waals surface area contributed by atoms with E-state index in [9.17, 15) is 13.6 Å². The van der Waals surface area contributed by atoms with Gasteiger partial charge in [0.25, 0.3) is 12.3 Å². The highest BCUT2D eigenvalue weighted by Gasteiger charge is 2.09. The molecule has 0 saturated heterocycles. The third kappa shape index (κ3) is 3.90. The number of nitrogens with one attached hydrogen (secondary N) is 1. The summed E-state index contributed by atoms with van der Waals surface area (Å²) in [6.45, 7) is -0.641. The summed E-state index contributed by atoms with van der Waals surface area (Å²) in [5.74, 6) is -0.523. The van der Waals surface area contributed by atoms with Gasteiger partial charge in [-0.25, -0.2) is 8.78 Å². The third-order valence-corrected chi connectivity index (χ3v) is 3.14. The number of hydrogen-bond acceptors (Lipinski definition) is 1. The zero-order valence-corrected chi connectivity index (χ0v) is 10.4. The van der Waals surface area contributed by atoms with Gasteiger partial charge in [0, 0.05) is 9.13 Å². The normalized spacial score (nSPS) is 10.5. The number of hydrogen-bond donors (Lipinski definition) is 1. The van der Waals surface area contributed by atoms with Gasteiger partial charge in [0.2, 0.25) is 0 Å². The number of carbonyl (C=O) groups is 1. The average Bonchev–Trinajstić information content (AvgIpc) is 2.18. The Labute approximate surface area is 104 Å². The van der Waals surface area contributed by atoms with Gasteiger partial charge in [-0.3, -0.25) is 4.79 Å². The lowest BCUT2D eigenvalue weighted by molar-refractivity contribution is 0.0891. The number of rotatable bonds is 3. The van der Waals surface area contributed by atoms with Crippen molar-refractivity contribution in [3.63, 3.8) is 0 Å². The Hall–Kier alpha value is -0.430. The largest absolute Gasteiger partial charge is 0.346 e. The van der Waals surface area contributed by atoms with Gasteiger partial charge in [0.15, 0.2) is 0 Å². The molecule has 1 amide bonds. The average molecular weight is 346 g/mol. The molecule has 0 atom stereocenters. The van der Waals surface area contributed by atoms with Gasteiger partial charge >= 0.3 is 0 Å². The molecule has 0 fully saturated rings. The lowest BCUT2D eigenvalue weighted by Gasteiger charge is -2.05. The van der Waals surface area contributed by atoms with Crippen LogP contribution in [0, 0.1) is 3.57 Å². The van der Waals surface area contributed by atoms with Crippen LogP contribution in [-0.4, -0.2) is 18.9 Å². The van der Waals surface area contributed by atoms with Crippen LogP contribution in [0.2, 0.25) is 5.02 Å². The Morgan fingerprint density at radius 1 is 1.53 bits per heavy atom. The van der Waals surface area contributed by atoms with Gasteiger partial charge in [0.05, 0.1) is 11.6 Å². The Morgan fingerprint density at radius 3 is 2.73 bits per heavy atom. The predicted molar refractivity (Wildman–Crippen MR) is 62.5 cm³/mol. The minimum Gasteiger partial charge on any atom is -0.346 e. The molecule has 0 aliphatic rings. The minimum atomic E-state index is -2.54.